The second-order valence-corrected chi connectivity index (χ2v) is 18.9. The van der Waals surface area contributed by atoms with Gasteiger partial charge in [-0.05, 0) is 12.8 Å². The molecule has 10 heteroatoms. The Labute approximate surface area is 365 Å². The van der Waals surface area contributed by atoms with E-state index >= 15 is 0 Å². The molecule has 0 amide bonds. The summed E-state index contributed by atoms with van der Waals surface area (Å²) >= 11 is 0. The van der Waals surface area contributed by atoms with Crippen molar-refractivity contribution in [3.8, 4) is 0 Å². The molecule has 9 nitrogen and oxygen atoms in total. The number of carbonyl (C=O) groups excluding carboxylic acids is 2. The van der Waals surface area contributed by atoms with Crippen LogP contribution in [0, 0.1) is 0 Å². The van der Waals surface area contributed by atoms with Crippen LogP contribution < -0.4 is 5.73 Å². The zero-order valence-corrected chi connectivity index (χ0v) is 39.9. The smallest absolute Gasteiger partial charge is 0.462 e. The van der Waals surface area contributed by atoms with Gasteiger partial charge < -0.3 is 20.1 Å². The standard InChI is InChI=1S/C49H98NO8P/c1-3-5-7-9-11-13-15-17-19-21-23-25-27-29-31-33-35-37-39-41-48(51)55-45-47(46-57-59(53,54)56-44-43-50)58-49(52)42-40-38-36-34-32-30-28-26-24-22-20-18-16-14-12-10-8-6-4-2/h47H,3-46,50H2,1-2H3,(H,53,54)/t47-/m1/s1. The molecule has 352 valence electrons. The zero-order chi connectivity index (χ0) is 43.2. The van der Waals surface area contributed by atoms with E-state index in [2.05, 4.69) is 13.8 Å². The molecule has 0 aliphatic rings. The molecule has 0 aromatic rings. The molecule has 0 aliphatic carbocycles. The van der Waals surface area contributed by atoms with E-state index in [0.29, 0.717) is 6.42 Å². The molecular formula is C49H98NO8P. The van der Waals surface area contributed by atoms with Crippen LogP contribution in [0.25, 0.3) is 0 Å². The number of rotatable bonds is 49. The van der Waals surface area contributed by atoms with Gasteiger partial charge in [0.15, 0.2) is 6.10 Å². The highest BCUT2D eigenvalue weighted by Gasteiger charge is 2.26. The quantitative estimate of drug-likeness (QED) is 0.0348. The number of phosphoric ester groups is 1. The molecule has 1 unspecified atom stereocenters. The Hall–Kier alpha value is -0.990. The van der Waals surface area contributed by atoms with Gasteiger partial charge in [-0.15, -0.1) is 0 Å². The average Bonchev–Trinajstić information content (AvgIpc) is 3.22. The number of unbranched alkanes of at least 4 members (excludes halogenated alkanes) is 36. The first-order chi connectivity index (χ1) is 28.8. The minimum Gasteiger partial charge on any atom is -0.462 e. The van der Waals surface area contributed by atoms with Gasteiger partial charge >= 0.3 is 19.8 Å². The van der Waals surface area contributed by atoms with E-state index in [1.54, 1.807) is 0 Å². The van der Waals surface area contributed by atoms with Crippen molar-refractivity contribution in [3.05, 3.63) is 0 Å². The third-order valence-electron chi connectivity index (χ3n) is 11.5. The summed E-state index contributed by atoms with van der Waals surface area (Å²) in [7, 11) is -4.37. The summed E-state index contributed by atoms with van der Waals surface area (Å²) < 4.78 is 32.9. The molecule has 0 aliphatic heterocycles. The largest absolute Gasteiger partial charge is 0.472 e. The van der Waals surface area contributed by atoms with Gasteiger partial charge in [-0.25, -0.2) is 4.57 Å². The van der Waals surface area contributed by atoms with Crippen molar-refractivity contribution < 1.29 is 37.6 Å². The Kier molecular flexibility index (Phi) is 45.7. The topological polar surface area (TPSA) is 134 Å². The van der Waals surface area contributed by atoms with Crippen molar-refractivity contribution in [2.24, 2.45) is 5.73 Å². The number of ether oxygens (including phenoxy) is 2. The SMILES string of the molecule is CCCCCCCCCCCCCCCCCCCCCC(=O)OC[C@H](COP(=O)(O)OCCN)OC(=O)CCCCCCCCCCCCCCCCCCCCC. The Bertz CT molecular complexity index is 938. The van der Waals surface area contributed by atoms with Gasteiger partial charge in [-0.1, -0.05) is 245 Å². The van der Waals surface area contributed by atoms with Crippen molar-refractivity contribution in [2.45, 2.75) is 277 Å². The Morgan fingerprint density at radius 1 is 0.441 bits per heavy atom. The molecule has 3 N–H and O–H groups in total. The van der Waals surface area contributed by atoms with Crippen LogP contribution in [0.4, 0.5) is 0 Å². The number of hydrogen-bond acceptors (Lipinski definition) is 8. The molecule has 0 radical (unpaired) electrons. The van der Waals surface area contributed by atoms with Crippen LogP contribution >= 0.6 is 7.82 Å². The summed E-state index contributed by atoms with van der Waals surface area (Å²) in [4.78, 5) is 35.0. The lowest BCUT2D eigenvalue weighted by molar-refractivity contribution is -0.161. The first kappa shape index (κ1) is 58.0. The number of nitrogens with two attached hydrogens (primary N) is 1. The van der Waals surface area contributed by atoms with E-state index in [1.165, 1.54) is 205 Å². The van der Waals surface area contributed by atoms with Crippen LogP contribution in [0.1, 0.15) is 271 Å². The summed E-state index contributed by atoms with van der Waals surface area (Å²) in [5.74, 6) is -0.806. The van der Waals surface area contributed by atoms with Crippen molar-refractivity contribution in [2.75, 3.05) is 26.4 Å². The molecule has 0 saturated heterocycles. The van der Waals surface area contributed by atoms with E-state index in [-0.39, 0.29) is 38.6 Å². The van der Waals surface area contributed by atoms with Crippen LogP contribution in [0.2, 0.25) is 0 Å². The maximum absolute atomic E-state index is 12.6. The van der Waals surface area contributed by atoms with Crippen molar-refractivity contribution in [1.82, 2.24) is 0 Å². The molecule has 59 heavy (non-hydrogen) atoms. The first-order valence-corrected chi connectivity index (χ1v) is 27.0. The Balaban J connectivity index is 3.99. The van der Waals surface area contributed by atoms with Crippen LogP contribution in [-0.4, -0.2) is 49.3 Å². The van der Waals surface area contributed by atoms with Crippen LogP contribution in [-0.2, 0) is 32.7 Å². The predicted octanol–water partition coefficient (Wildman–Crippen LogP) is 15.2. The van der Waals surface area contributed by atoms with Gasteiger partial charge in [0.1, 0.15) is 6.61 Å². The minimum atomic E-state index is -4.37. The fourth-order valence-corrected chi connectivity index (χ4v) is 8.46. The van der Waals surface area contributed by atoms with Crippen molar-refractivity contribution in [3.63, 3.8) is 0 Å². The molecule has 0 bridgehead atoms. The predicted molar refractivity (Wildman–Crippen MR) is 248 cm³/mol. The highest BCUT2D eigenvalue weighted by atomic mass is 31.2. The highest BCUT2D eigenvalue weighted by molar-refractivity contribution is 7.47. The van der Waals surface area contributed by atoms with E-state index in [4.69, 9.17) is 24.3 Å². The fourth-order valence-electron chi connectivity index (χ4n) is 7.70. The zero-order valence-electron chi connectivity index (χ0n) is 39.0. The number of esters is 2. The molecule has 0 aromatic heterocycles. The summed E-state index contributed by atoms with van der Waals surface area (Å²) in [6, 6.07) is 0. The highest BCUT2D eigenvalue weighted by Crippen LogP contribution is 2.43. The van der Waals surface area contributed by atoms with E-state index in [0.717, 1.165) is 32.1 Å². The van der Waals surface area contributed by atoms with Crippen LogP contribution in [0.15, 0.2) is 0 Å². The summed E-state index contributed by atoms with van der Waals surface area (Å²) in [6.07, 6.45) is 48.5. The molecular weight excluding hydrogens is 762 g/mol. The Morgan fingerprint density at radius 2 is 0.729 bits per heavy atom. The minimum absolute atomic E-state index is 0.0584. The Morgan fingerprint density at radius 3 is 1.03 bits per heavy atom. The van der Waals surface area contributed by atoms with Gasteiger partial charge in [-0.3, -0.25) is 18.6 Å². The lowest BCUT2D eigenvalue weighted by atomic mass is 10.0. The first-order valence-electron chi connectivity index (χ1n) is 25.5. The lowest BCUT2D eigenvalue weighted by Gasteiger charge is -2.19. The third kappa shape index (κ3) is 46.3. The number of carbonyl (C=O) groups is 2. The summed E-state index contributed by atoms with van der Waals surface area (Å²) in [5.41, 5.74) is 5.37. The summed E-state index contributed by atoms with van der Waals surface area (Å²) in [5, 5.41) is 0. The molecule has 0 aromatic carbocycles. The number of phosphoric acid groups is 1. The van der Waals surface area contributed by atoms with Gasteiger partial charge in [0.25, 0.3) is 0 Å². The van der Waals surface area contributed by atoms with Gasteiger partial charge in [-0.2, -0.15) is 0 Å². The molecule has 0 saturated carbocycles. The van der Waals surface area contributed by atoms with Gasteiger partial charge in [0.2, 0.25) is 0 Å². The lowest BCUT2D eigenvalue weighted by Crippen LogP contribution is -2.29. The molecule has 0 fully saturated rings. The maximum atomic E-state index is 12.6. The summed E-state index contributed by atoms with van der Waals surface area (Å²) in [6.45, 7) is 3.81. The fraction of sp³-hybridized carbons (Fsp3) is 0.959. The molecule has 0 spiro atoms. The monoisotopic (exact) mass is 860 g/mol. The maximum Gasteiger partial charge on any atom is 0.472 e. The second kappa shape index (κ2) is 46.5. The molecule has 0 rings (SSSR count). The van der Waals surface area contributed by atoms with Crippen LogP contribution in [0.3, 0.4) is 0 Å². The number of hydrogen-bond donors (Lipinski definition) is 2. The van der Waals surface area contributed by atoms with Crippen LogP contribution in [0.5, 0.6) is 0 Å². The van der Waals surface area contributed by atoms with E-state index < -0.39 is 26.5 Å². The van der Waals surface area contributed by atoms with Gasteiger partial charge in [0.05, 0.1) is 13.2 Å². The van der Waals surface area contributed by atoms with Crippen molar-refractivity contribution in [1.29, 1.82) is 0 Å². The molecule has 0 heterocycles. The van der Waals surface area contributed by atoms with E-state index in [1.807, 2.05) is 0 Å². The van der Waals surface area contributed by atoms with E-state index in [9.17, 15) is 19.0 Å². The average molecular weight is 860 g/mol. The van der Waals surface area contributed by atoms with Crippen molar-refractivity contribution >= 4 is 19.8 Å². The third-order valence-corrected chi connectivity index (χ3v) is 12.5. The normalized spacial score (nSPS) is 13.1. The second-order valence-electron chi connectivity index (χ2n) is 17.4. The molecule has 2 atom stereocenters. The van der Waals surface area contributed by atoms with Gasteiger partial charge in [0, 0.05) is 19.4 Å².